The van der Waals surface area contributed by atoms with Crippen LogP contribution < -0.4 is 4.74 Å². The van der Waals surface area contributed by atoms with Crippen molar-refractivity contribution in [2.45, 2.75) is 19.4 Å². The lowest BCUT2D eigenvalue weighted by Gasteiger charge is -2.16. The Balaban J connectivity index is 1.95. The molecule has 1 amide bonds. The third-order valence-corrected chi connectivity index (χ3v) is 3.24. The average Bonchev–Trinajstić information content (AvgIpc) is 2.90. The number of aliphatic hydroxyl groups is 1. The lowest BCUT2D eigenvalue weighted by atomic mass is 10.2. The lowest BCUT2D eigenvalue weighted by molar-refractivity contribution is -0.132. The Morgan fingerprint density at radius 2 is 2.11 bits per heavy atom. The molecule has 1 aromatic carbocycles. The molecule has 1 N–H and O–H groups in total. The first-order valence-corrected chi connectivity index (χ1v) is 6.38. The maximum Gasteiger partial charge on any atom is 0.260 e. The highest BCUT2D eigenvalue weighted by Crippen LogP contribution is 2.23. The molecule has 0 saturated carbocycles. The van der Waals surface area contributed by atoms with E-state index >= 15 is 0 Å². The average molecular weight is 270 g/mol. The maximum absolute atomic E-state index is 11.8. The molecule has 0 unspecified atom stereocenters. The molecular weight excluding hydrogens is 254 g/mol. The molecule has 0 bridgehead atoms. The minimum absolute atomic E-state index is 0.00802. The van der Waals surface area contributed by atoms with E-state index in [2.05, 4.69) is 0 Å². The van der Waals surface area contributed by atoms with Crippen molar-refractivity contribution in [1.29, 1.82) is 0 Å². The number of benzene rings is 1. The number of ether oxygens (including phenoxy) is 1. The van der Waals surface area contributed by atoms with Gasteiger partial charge in [-0.15, -0.1) is 0 Å². The van der Waals surface area contributed by atoms with E-state index in [0.717, 1.165) is 25.9 Å². The van der Waals surface area contributed by atoms with Crippen molar-refractivity contribution in [3.8, 4) is 5.75 Å². The minimum Gasteiger partial charge on any atom is -0.483 e. The van der Waals surface area contributed by atoms with E-state index in [9.17, 15) is 9.90 Å². The van der Waals surface area contributed by atoms with Crippen molar-refractivity contribution in [3.05, 3.63) is 28.8 Å². The Morgan fingerprint density at radius 1 is 1.39 bits per heavy atom. The summed E-state index contributed by atoms with van der Waals surface area (Å²) in [6, 6.07) is 4.98. The van der Waals surface area contributed by atoms with E-state index in [4.69, 9.17) is 16.3 Å². The highest BCUT2D eigenvalue weighted by atomic mass is 35.5. The molecule has 18 heavy (non-hydrogen) atoms. The van der Waals surface area contributed by atoms with Crippen molar-refractivity contribution in [3.63, 3.8) is 0 Å². The molecule has 0 aliphatic carbocycles. The van der Waals surface area contributed by atoms with Gasteiger partial charge < -0.3 is 14.7 Å². The first kappa shape index (κ1) is 13.2. The van der Waals surface area contributed by atoms with E-state index in [1.54, 1.807) is 23.1 Å². The zero-order chi connectivity index (χ0) is 13.0. The number of amides is 1. The summed E-state index contributed by atoms with van der Waals surface area (Å²) in [7, 11) is 0. The molecule has 2 rings (SSSR count). The monoisotopic (exact) mass is 269 g/mol. The van der Waals surface area contributed by atoms with Crippen LogP contribution in [-0.2, 0) is 11.4 Å². The second kappa shape index (κ2) is 6.07. The van der Waals surface area contributed by atoms with Gasteiger partial charge in [0.05, 0.1) is 6.61 Å². The van der Waals surface area contributed by atoms with E-state index < -0.39 is 0 Å². The molecule has 0 spiro atoms. The molecule has 1 aliphatic rings. The van der Waals surface area contributed by atoms with E-state index in [1.165, 1.54) is 0 Å². The minimum atomic E-state index is -0.159. The SMILES string of the molecule is O=C(COc1ccc(Cl)cc1CO)N1CCCC1. The van der Waals surface area contributed by atoms with Gasteiger partial charge in [0, 0.05) is 23.7 Å². The molecule has 1 aromatic rings. The number of rotatable bonds is 4. The van der Waals surface area contributed by atoms with Crippen LogP contribution in [0.3, 0.4) is 0 Å². The van der Waals surface area contributed by atoms with Crippen LogP contribution in [0, 0.1) is 0 Å². The number of nitrogens with zero attached hydrogens (tertiary/aromatic N) is 1. The molecule has 1 fully saturated rings. The van der Waals surface area contributed by atoms with E-state index in [-0.39, 0.29) is 19.1 Å². The molecular formula is C13H16ClNO3. The molecule has 0 aromatic heterocycles. The predicted molar refractivity (Wildman–Crippen MR) is 68.7 cm³/mol. The van der Waals surface area contributed by atoms with Gasteiger partial charge in [-0.1, -0.05) is 11.6 Å². The molecule has 0 atom stereocenters. The Hall–Kier alpha value is -1.26. The second-order valence-corrected chi connectivity index (χ2v) is 4.72. The summed E-state index contributed by atoms with van der Waals surface area (Å²) in [6.07, 6.45) is 2.13. The fourth-order valence-corrected chi connectivity index (χ4v) is 2.20. The van der Waals surface area contributed by atoms with Crippen molar-refractivity contribution in [2.75, 3.05) is 19.7 Å². The Bertz CT molecular complexity index is 430. The van der Waals surface area contributed by atoms with Crippen LogP contribution in [0.25, 0.3) is 0 Å². The summed E-state index contributed by atoms with van der Waals surface area (Å²) in [4.78, 5) is 13.6. The number of halogens is 1. The number of likely N-dealkylation sites (tertiary alicyclic amines) is 1. The lowest BCUT2D eigenvalue weighted by Crippen LogP contribution is -2.32. The quantitative estimate of drug-likeness (QED) is 0.907. The zero-order valence-electron chi connectivity index (χ0n) is 10.1. The van der Waals surface area contributed by atoms with Crippen LogP contribution in [0.15, 0.2) is 18.2 Å². The van der Waals surface area contributed by atoms with Crippen LogP contribution in [-0.4, -0.2) is 35.6 Å². The number of carbonyl (C=O) groups is 1. The summed E-state index contributed by atoms with van der Waals surface area (Å²) >= 11 is 5.82. The Morgan fingerprint density at radius 3 is 2.78 bits per heavy atom. The molecule has 1 heterocycles. The molecule has 5 heteroatoms. The summed E-state index contributed by atoms with van der Waals surface area (Å²) in [6.45, 7) is 1.48. The summed E-state index contributed by atoms with van der Waals surface area (Å²) in [5.74, 6) is 0.501. The summed E-state index contributed by atoms with van der Waals surface area (Å²) in [5.41, 5.74) is 0.594. The van der Waals surface area contributed by atoms with Crippen molar-refractivity contribution in [1.82, 2.24) is 4.90 Å². The van der Waals surface area contributed by atoms with Gasteiger partial charge in [-0.3, -0.25) is 4.79 Å². The van der Waals surface area contributed by atoms with Crippen molar-refractivity contribution >= 4 is 17.5 Å². The second-order valence-electron chi connectivity index (χ2n) is 4.29. The number of hydrogen-bond acceptors (Lipinski definition) is 3. The van der Waals surface area contributed by atoms with Gasteiger partial charge in [-0.05, 0) is 31.0 Å². The van der Waals surface area contributed by atoms with Gasteiger partial charge in [0.2, 0.25) is 0 Å². The maximum atomic E-state index is 11.8. The van der Waals surface area contributed by atoms with Crippen LogP contribution >= 0.6 is 11.6 Å². The summed E-state index contributed by atoms with van der Waals surface area (Å²) < 4.78 is 5.45. The first-order valence-electron chi connectivity index (χ1n) is 6.00. The molecule has 98 valence electrons. The normalized spacial score (nSPS) is 14.9. The van der Waals surface area contributed by atoms with Gasteiger partial charge >= 0.3 is 0 Å². The summed E-state index contributed by atoms with van der Waals surface area (Å²) in [5, 5.41) is 9.72. The third kappa shape index (κ3) is 3.15. The highest BCUT2D eigenvalue weighted by Gasteiger charge is 2.18. The molecule has 1 aliphatic heterocycles. The fraction of sp³-hybridized carbons (Fsp3) is 0.462. The third-order valence-electron chi connectivity index (χ3n) is 3.00. The van der Waals surface area contributed by atoms with Gasteiger partial charge in [0.15, 0.2) is 6.61 Å². The Labute approximate surface area is 111 Å². The highest BCUT2D eigenvalue weighted by molar-refractivity contribution is 6.30. The number of aliphatic hydroxyl groups excluding tert-OH is 1. The molecule has 4 nitrogen and oxygen atoms in total. The van der Waals surface area contributed by atoms with E-state index in [0.29, 0.717) is 16.3 Å². The first-order chi connectivity index (χ1) is 8.70. The van der Waals surface area contributed by atoms with Crippen molar-refractivity contribution in [2.24, 2.45) is 0 Å². The molecule has 1 saturated heterocycles. The van der Waals surface area contributed by atoms with E-state index in [1.807, 2.05) is 0 Å². The van der Waals surface area contributed by atoms with Crippen LogP contribution in [0.5, 0.6) is 5.75 Å². The van der Waals surface area contributed by atoms with Gasteiger partial charge in [0.1, 0.15) is 5.75 Å². The smallest absolute Gasteiger partial charge is 0.260 e. The standard InChI is InChI=1S/C13H16ClNO3/c14-11-3-4-12(10(7-11)8-16)18-9-13(17)15-5-1-2-6-15/h3-4,7,16H,1-2,5-6,8-9H2. The van der Waals surface area contributed by atoms with Crippen LogP contribution in [0.1, 0.15) is 18.4 Å². The van der Waals surface area contributed by atoms with Crippen LogP contribution in [0.2, 0.25) is 5.02 Å². The van der Waals surface area contributed by atoms with Crippen molar-refractivity contribution < 1.29 is 14.6 Å². The van der Waals surface area contributed by atoms with Crippen LogP contribution in [0.4, 0.5) is 0 Å². The van der Waals surface area contributed by atoms with Gasteiger partial charge in [-0.2, -0.15) is 0 Å². The largest absolute Gasteiger partial charge is 0.483 e. The number of hydrogen-bond donors (Lipinski definition) is 1. The van der Waals surface area contributed by atoms with Gasteiger partial charge in [-0.25, -0.2) is 0 Å². The topological polar surface area (TPSA) is 49.8 Å². The Kier molecular flexibility index (Phi) is 4.44. The van der Waals surface area contributed by atoms with Gasteiger partial charge in [0.25, 0.3) is 5.91 Å². The predicted octanol–water partition coefficient (Wildman–Crippen LogP) is 1.83. The number of carbonyl (C=O) groups excluding carboxylic acids is 1. The zero-order valence-corrected chi connectivity index (χ0v) is 10.8. The molecule has 0 radical (unpaired) electrons. The fourth-order valence-electron chi connectivity index (χ4n) is 2.01.